The van der Waals surface area contributed by atoms with Crippen molar-refractivity contribution in [2.75, 3.05) is 24.5 Å². The van der Waals surface area contributed by atoms with Gasteiger partial charge in [0.1, 0.15) is 0 Å². The lowest BCUT2D eigenvalue weighted by Gasteiger charge is -2.41. The first-order chi connectivity index (χ1) is 20.6. The van der Waals surface area contributed by atoms with Gasteiger partial charge in [0.15, 0.2) is 6.10 Å². The molecule has 1 N–H and O–H groups in total. The number of aromatic nitrogens is 1. The van der Waals surface area contributed by atoms with Gasteiger partial charge in [-0.15, -0.1) is 0 Å². The smallest absolute Gasteiger partial charge is 0.337 e. The fraction of sp³-hybridized carbons (Fsp3) is 0.514. The lowest BCUT2D eigenvalue weighted by molar-refractivity contribution is -0.160. The van der Waals surface area contributed by atoms with Crippen LogP contribution in [-0.4, -0.2) is 46.2 Å². The predicted octanol–water partition coefficient (Wildman–Crippen LogP) is 8.45. The summed E-state index contributed by atoms with van der Waals surface area (Å²) in [5.74, 6) is -0.987. The molecule has 6 nitrogen and oxygen atoms in total. The summed E-state index contributed by atoms with van der Waals surface area (Å²) >= 11 is 6.41. The molecule has 0 aliphatic carbocycles. The Kier molecular flexibility index (Phi) is 9.19. The van der Waals surface area contributed by atoms with Crippen molar-refractivity contribution < 1.29 is 14.6 Å². The van der Waals surface area contributed by atoms with E-state index in [9.17, 15) is 9.90 Å². The number of fused-ring (bicyclic) bond motifs is 1. The number of piperidine rings is 1. The third kappa shape index (κ3) is 7.14. The highest BCUT2D eigenvalue weighted by atomic mass is 35.5. The van der Waals surface area contributed by atoms with E-state index in [0.29, 0.717) is 11.3 Å². The lowest BCUT2D eigenvalue weighted by Crippen LogP contribution is -2.39. The van der Waals surface area contributed by atoms with E-state index in [1.54, 1.807) is 0 Å². The van der Waals surface area contributed by atoms with Crippen LogP contribution in [0.2, 0.25) is 5.02 Å². The van der Waals surface area contributed by atoms with E-state index in [1.165, 1.54) is 16.7 Å². The summed E-state index contributed by atoms with van der Waals surface area (Å²) in [6.07, 6.45) is 1.91. The van der Waals surface area contributed by atoms with Gasteiger partial charge in [-0.2, -0.15) is 0 Å². The molecule has 1 fully saturated rings. The summed E-state index contributed by atoms with van der Waals surface area (Å²) in [7, 11) is 0. The molecule has 0 spiro atoms. The Morgan fingerprint density at radius 3 is 2.36 bits per heavy atom. The third-order valence-corrected chi connectivity index (χ3v) is 9.61. The highest BCUT2D eigenvalue weighted by molar-refractivity contribution is 6.31. The van der Waals surface area contributed by atoms with Gasteiger partial charge in [-0.3, -0.25) is 9.88 Å². The number of aliphatic carboxylic acids is 1. The van der Waals surface area contributed by atoms with Crippen molar-refractivity contribution >= 4 is 23.3 Å². The van der Waals surface area contributed by atoms with E-state index < -0.39 is 17.7 Å². The molecule has 2 aromatic carbocycles. The Labute approximate surface area is 268 Å². The van der Waals surface area contributed by atoms with Crippen LogP contribution < -0.4 is 4.90 Å². The second kappa shape index (κ2) is 12.5. The Morgan fingerprint density at radius 1 is 1.02 bits per heavy atom. The number of benzene rings is 2. The number of pyridine rings is 1. The number of hydrogen-bond donors (Lipinski definition) is 1. The number of aryl methyl sites for hydroxylation is 3. The molecule has 1 saturated heterocycles. The first kappa shape index (κ1) is 32.5. The van der Waals surface area contributed by atoms with Crippen molar-refractivity contribution in [3.63, 3.8) is 0 Å². The number of carbonyl (C=O) groups is 1. The quantitative estimate of drug-likeness (QED) is 0.287. The highest BCUT2D eigenvalue weighted by Gasteiger charge is 2.36. The van der Waals surface area contributed by atoms with Gasteiger partial charge < -0.3 is 14.7 Å². The first-order valence-electron chi connectivity index (χ1n) is 15.9. The van der Waals surface area contributed by atoms with E-state index in [2.05, 4.69) is 67.0 Å². The van der Waals surface area contributed by atoms with Gasteiger partial charge in [0.25, 0.3) is 0 Å². The van der Waals surface area contributed by atoms with E-state index >= 15 is 0 Å². The summed E-state index contributed by atoms with van der Waals surface area (Å²) in [5.41, 5.74) is 10.0. The molecule has 0 unspecified atom stereocenters. The average molecular weight is 618 g/mol. The van der Waals surface area contributed by atoms with Crippen LogP contribution in [0.4, 0.5) is 5.69 Å². The summed E-state index contributed by atoms with van der Waals surface area (Å²) in [6.45, 7) is 20.8. The van der Waals surface area contributed by atoms with E-state index in [-0.39, 0.29) is 5.41 Å². The van der Waals surface area contributed by atoms with Gasteiger partial charge in [0.2, 0.25) is 0 Å². The molecule has 0 saturated carbocycles. The van der Waals surface area contributed by atoms with Crippen LogP contribution in [0.1, 0.15) is 92.8 Å². The lowest BCUT2D eigenvalue weighted by atomic mass is 9.81. The van der Waals surface area contributed by atoms with Gasteiger partial charge >= 0.3 is 5.97 Å². The zero-order chi connectivity index (χ0) is 32.0. The Bertz CT molecular complexity index is 1550. The maximum atomic E-state index is 12.8. The average Bonchev–Trinajstić information content (AvgIpc) is 2.93. The normalized spacial score (nSPS) is 17.8. The maximum Gasteiger partial charge on any atom is 0.337 e. The second-order valence-electron chi connectivity index (χ2n) is 14.5. The molecule has 0 amide bonds. The topological polar surface area (TPSA) is 65.9 Å². The number of carboxylic acids is 1. The fourth-order valence-electron chi connectivity index (χ4n) is 6.65. The monoisotopic (exact) mass is 617 g/mol. The number of ether oxygens (including phenoxy) is 1. The molecular formula is C37H48ClN3O3. The predicted molar refractivity (Wildman–Crippen MR) is 180 cm³/mol. The number of halogens is 1. The third-order valence-electron chi connectivity index (χ3n) is 9.20. The van der Waals surface area contributed by atoms with E-state index in [4.69, 9.17) is 21.3 Å². The Balaban J connectivity index is 1.56. The summed E-state index contributed by atoms with van der Waals surface area (Å²) in [4.78, 5) is 22.6. The van der Waals surface area contributed by atoms with Crippen molar-refractivity contribution in [3.8, 4) is 11.1 Å². The molecule has 5 rings (SSSR count). The van der Waals surface area contributed by atoms with Gasteiger partial charge in [-0.05, 0) is 100 Å². The number of nitrogens with zero attached hydrogens (tertiary/aromatic N) is 3. The second-order valence-corrected chi connectivity index (χ2v) is 15.0. The molecule has 236 valence electrons. The standard InChI is InChI=1S/C37H48ClN3O3/c1-23-9-10-26(19-30(23)38)21-40-16-13-27-20-28(11-12-29(27)22-40)31-24(2)39-25(3)32(34(35(42)43)44-36(4,5)6)33(31)41-17-14-37(7,8)15-18-41/h9-12,19-20,34H,13-18,21-22H2,1-8H3,(H,42,43)/t34-/m0/s1. The van der Waals surface area contributed by atoms with Gasteiger partial charge in [0.05, 0.1) is 11.3 Å². The molecule has 7 heteroatoms. The van der Waals surface area contributed by atoms with Crippen molar-refractivity contribution in [2.45, 2.75) is 99.4 Å². The molecular weight excluding hydrogens is 570 g/mol. The summed E-state index contributed by atoms with van der Waals surface area (Å²) in [6, 6.07) is 13.1. The molecule has 0 radical (unpaired) electrons. The minimum atomic E-state index is -1.12. The molecule has 2 aliphatic rings. The van der Waals surface area contributed by atoms with Gasteiger partial charge in [-0.1, -0.05) is 55.8 Å². The number of hydrogen-bond acceptors (Lipinski definition) is 5. The van der Waals surface area contributed by atoms with Gasteiger partial charge in [-0.25, -0.2) is 4.79 Å². The minimum absolute atomic E-state index is 0.254. The summed E-state index contributed by atoms with van der Waals surface area (Å²) < 4.78 is 6.25. The largest absolute Gasteiger partial charge is 0.479 e. The van der Waals surface area contributed by atoms with Crippen LogP contribution in [0.5, 0.6) is 0 Å². The van der Waals surface area contributed by atoms with Gasteiger partial charge in [0, 0.05) is 60.3 Å². The molecule has 0 bridgehead atoms. The van der Waals surface area contributed by atoms with Crippen molar-refractivity contribution in [1.82, 2.24) is 9.88 Å². The molecule has 3 aromatic rings. The van der Waals surface area contributed by atoms with Crippen LogP contribution >= 0.6 is 11.6 Å². The number of anilines is 1. The molecule has 3 heterocycles. The summed E-state index contributed by atoms with van der Waals surface area (Å²) in [5, 5.41) is 11.3. The van der Waals surface area contributed by atoms with E-state index in [0.717, 1.165) is 85.1 Å². The number of rotatable bonds is 7. The van der Waals surface area contributed by atoms with Crippen LogP contribution in [0, 0.1) is 26.2 Å². The van der Waals surface area contributed by atoms with Crippen molar-refractivity contribution in [2.24, 2.45) is 5.41 Å². The zero-order valence-electron chi connectivity index (χ0n) is 27.7. The number of carboxylic acid groups (broad SMARTS) is 1. The van der Waals surface area contributed by atoms with Crippen LogP contribution in [0.25, 0.3) is 11.1 Å². The van der Waals surface area contributed by atoms with Crippen molar-refractivity contribution in [3.05, 3.63) is 80.6 Å². The zero-order valence-corrected chi connectivity index (χ0v) is 28.4. The SMILES string of the molecule is Cc1ccc(CN2CCc3cc(-c4c(C)nc(C)c([C@H](OC(C)(C)C)C(=O)O)c4N4CCC(C)(C)CC4)ccc3C2)cc1Cl. The minimum Gasteiger partial charge on any atom is -0.479 e. The molecule has 1 atom stereocenters. The molecule has 44 heavy (non-hydrogen) atoms. The fourth-order valence-corrected chi connectivity index (χ4v) is 6.85. The molecule has 2 aliphatic heterocycles. The van der Waals surface area contributed by atoms with E-state index in [1.807, 2.05) is 34.6 Å². The van der Waals surface area contributed by atoms with Crippen molar-refractivity contribution in [1.29, 1.82) is 0 Å². The van der Waals surface area contributed by atoms with Crippen LogP contribution in [-0.2, 0) is 29.0 Å². The van der Waals surface area contributed by atoms with Crippen LogP contribution in [0.15, 0.2) is 36.4 Å². The Morgan fingerprint density at radius 2 is 1.73 bits per heavy atom. The van der Waals surface area contributed by atoms with Crippen LogP contribution in [0.3, 0.4) is 0 Å². The first-order valence-corrected chi connectivity index (χ1v) is 16.3. The molecule has 1 aromatic heterocycles. The highest BCUT2D eigenvalue weighted by Crippen LogP contribution is 2.45. The Hall–Kier alpha value is -2.93. The maximum absolute atomic E-state index is 12.8.